The van der Waals surface area contributed by atoms with E-state index in [0.717, 1.165) is 0 Å². The first kappa shape index (κ1) is 35.3. The molecule has 4 nitrogen and oxygen atoms in total. The van der Waals surface area contributed by atoms with Crippen LogP contribution in [-0.2, 0) is 26.3 Å². The zero-order chi connectivity index (χ0) is 32.2. The molecular formula is C30H35ClF7NO3Si. The maximum atomic E-state index is 13.8. The second-order valence-corrected chi connectivity index (χ2v) is 16.8. The van der Waals surface area contributed by atoms with Gasteiger partial charge in [-0.1, -0.05) is 44.7 Å². The van der Waals surface area contributed by atoms with Gasteiger partial charge in [0, 0.05) is 6.54 Å². The predicted molar refractivity (Wildman–Crippen MR) is 152 cm³/mol. The Morgan fingerprint density at radius 2 is 1.56 bits per heavy atom. The van der Waals surface area contributed by atoms with Gasteiger partial charge in [-0.2, -0.15) is 26.3 Å². The molecule has 0 radical (unpaired) electrons. The largest absolute Gasteiger partial charge is 0.416 e. The maximum absolute atomic E-state index is 13.8. The van der Waals surface area contributed by atoms with Crippen molar-refractivity contribution in [3.8, 4) is 11.8 Å². The standard InChI is InChI=1S/C30H35ClF7NO3Si/c1-28(2,3)43(4,5)41-19-25(21-16-22(29(33,34)35)18-23(17-21)30(36,37)38)42-27-26(20-8-10-24(32)11-9-20)39(14-15-40-27)13-7-6-12-31/h8-11,16-18,25-27H,12-15,19H2,1-5H3/t25-,26?,27?/m1/s1. The summed E-state index contributed by atoms with van der Waals surface area (Å²) in [6, 6.07) is 6.16. The summed E-state index contributed by atoms with van der Waals surface area (Å²) >= 11 is 5.69. The van der Waals surface area contributed by atoms with Crippen LogP contribution in [0.4, 0.5) is 30.7 Å². The fourth-order valence-electron chi connectivity index (χ4n) is 4.25. The van der Waals surface area contributed by atoms with Crippen LogP contribution in [0.15, 0.2) is 42.5 Å². The number of hydrogen-bond acceptors (Lipinski definition) is 4. The third kappa shape index (κ3) is 9.42. The van der Waals surface area contributed by atoms with Crippen molar-refractivity contribution in [2.45, 2.75) is 69.7 Å². The van der Waals surface area contributed by atoms with E-state index in [9.17, 15) is 30.7 Å². The molecule has 1 heterocycles. The van der Waals surface area contributed by atoms with Crippen molar-refractivity contribution in [3.05, 3.63) is 70.5 Å². The smallest absolute Gasteiger partial charge is 0.414 e. The van der Waals surface area contributed by atoms with Gasteiger partial charge in [0.1, 0.15) is 11.9 Å². The van der Waals surface area contributed by atoms with Gasteiger partial charge in [0.2, 0.25) is 0 Å². The van der Waals surface area contributed by atoms with E-state index in [4.69, 9.17) is 25.5 Å². The van der Waals surface area contributed by atoms with E-state index in [1.807, 2.05) is 38.8 Å². The Bertz CT molecular complexity index is 1250. The highest BCUT2D eigenvalue weighted by molar-refractivity contribution is 6.74. The van der Waals surface area contributed by atoms with E-state index in [-0.39, 0.29) is 42.3 Å². The quantitative estimate of drug-likeness (QED) is 0.124. The van der Waals surface area contributed by atoms with Crippen molar-refractivity contribution in [2.24, 2.45) is 0 Å². The van der Waals surface area contributed by atoms with Crippen LogP contribution >= 0.6 is 11.6 Å². The van der Waals surface area contributed by atoms with Crippen LogP contribution < -0.4 is 0 Å². The summed E-state index contributed by atoms with van der Waals surface area (Å²) < 4.78 is 115. The molecule has 1 saturated heterocycles. The summed E-state index contributed by atoms with van der Waals surface area (Å²) in [6.45, 7) is 10.1. The van der Waals surface area contributed by atoms with Gasteiger partial charge in [-0.3, -0.25) is 4.90 Å². The Morgan fingerprint density at radius 1 is 0.977 bits per heavy atom. The zero-order valence-corrected chi connectivity index (χ0v) is 26.3. The lowest BCUT2D eigenvalue weighted by molar-refractivity contribution is -0.235. The summed E-state index contributed by atoms with van der Waals surface area (Å²) in [5, 5.41) is -0.307. The van der Waals surface area contributed by atoms with E-state index in [1.165, 1.54) is 24.3 Å². The highest BCUT2D eigenvalue weighted by Crippen LogP contribution is 2.42. The van der Waals surface area contributed by atoms with Crippen LogP contribution in [0.5, 0.6) is 0 Å². The van der Waals surface area contributed by atoms with Crippen LogP contribution in [0, 0.1) is 17.7 Å². The average Bonchev–Trinajstić information content (AvgIpc) is 2.90. The Labute approximate surface area is 253 Å². The summed E-state index contributed by atoms with van der Waals surface area (Å²) in [7, 11) is -2.54. The summed E-state index contributed by atoms with van der Waals surface area (Å²) in [6.07, 6.45) is -12.6. The number of halogens is 8. The van der Waals surface area contributed by atoms with Gasteiger partial charge >= 0.3 is 12.4 Å². The number of ether oxygens (including phenoxy) is 2. The molecule has 0 bridgehead atoms. The Balaban J connectivity index is 2.11. The zero-order valence-electron chi connectivity index (χ0n) is 24.5. The molecule has 1 aliphatic rings. The second kappa shape index (κ2) is 13.9. The number of alkyl halides is 7. The lowest BCUT2D eigenvalue weighted by Gasteiger charge is -2.42. The molecule has 0 aromatic heterocycles. The SMILES string of the molecule is CC(C)(C)[Si](C)(C)OC[C@@H](OC1OCCN(CC#CCCl)C1c1ccc(F)cc1)c1cc(C(F)(F)F)cc(C(F)(F)F)c1. The summed E-state index contributed by atoms with van der Waals surface area (Å²) in [5.41, 5.74) is -2.73. The highest BCUT2D eigenvalue weighted by Gasteiger charge is 2.42. The van der Waals surface area contributed by atoms with Crippen LogP contribution in [-0.4, -0.2) is 51.7 Å². The van der Waals surface area contributed by atoms with Gasteiger partial charge in [-0.15, -0.1) is 11.6 Å². The molecule has 0 saturated carbocycles. The molecule has 43 heavy (non-hydrogen) atoms. The van der Waals surface area contributed by atoms with Crippen LogP contribution in [0.3, 0.4) is 0 Å². The van der Waals surface area contributed by atoms with Crippen molar-refractivity contribution < 1.29 is 44.6 Å². The molecule has 1 aliphatic heterocycles. The maximum Gasteiger partial charge on any atom is 0.416 e. The number of rotatable bonds is 8. The Hall–Kier alpha value is -2.14. The molecule has 0 aliphatic carbocycles. The van der Waals surface area contributed by atoms with Gasteiger partial charge in [0.25, 0.3) is 0 Å². The number of hydrogen-bond donors (Lipinski definition) is 0. The molecule has 1 fully saturated rings. The van der Waals surface area contributed by atoms with Gasteiger partial charge in [-0.25, -0.2) is 4.39 Å². The minimum atomic E-state index is -5.04. The molecule has 238 valence electrons. The fourth-order valence-corrected chi connectivity index (χ4v) is 5.35. The molecule has 2 aromatic rings. The molecule has 0 N–H and O–H groups in total. The molecular weight excluding hydrogens is 619 g/mol. The highest BCUT2D eigenvalue weighted by atomic mass is 35.5. The van der Waals surface area contributed by atoms with E-state index < -0.39 is 56.0 Å². The average molecular weight is 654 g/mol. The van der Waals surface area contributed by atoms with E-state index >= 15 is 0 Å². The first-order valence-corrected chi connectivity index (χ1v) is 17.0. The van der Waals surface area contributed by atoms with Gasteiger partial charge in [-0.05, 0) is 59.6 Å². The lowest BCUT2D eigenvalue weighted by Crippen LogP contribution is -2.47. The molecule has 0 spiro atoms. The first-order chi connectivity index (χ1) is 19.8. The lowest BCUT2D eigenvalue weighted by atomic mass is 10.00. The predicted octanol–water partition coefficient (Wildman–Crippen LogP) is 8.58. The van der Waals surface area contributed by atoms with Crippen molar-refractivity contribution in [3.63, 3.8) is 0 Å². The Kier molecular flexibility index (Phi) is 11.4. The minimum Gasteiger partial charge on any atom is -0.414 e. The Morgan fingerprint density at radius 3 is 2.07 bits per heavy atom. The van der Waals surface area contributed by atoms with Gasteiger partial charge < -0.3 is 13.9 Å². The monoisotopic (exact) mass is 653 g/mol. The summed E-state index contributed by atoms with van der Waals surface area (Å²) in [5.74, 6) is 5.28. The molecule has 2 unspecified atom stereocenters. The molecule has 0 amide bonds. The second-order valence-electron chi connectivity index (χ2n) is 11.7. The number of benzene rings is 2. The molecule has 13 heteroatoms. The van der Waals surface area contributed by atoms with Crippen molar-refractivity contribution in [1.29, 1.82) is 0 Å². The van der Waals surface area contributed by atoms with Crippen LogP contribution in [0.1, 0.15) is 55.2 Å². The van der Waals surface area contributed by atoms with Crippen LogP contribution in [0.2, 0.25) is 18.1 Å². The van der Waals surface area contributed by atoms with Gasteiger partial charge in [0.05, 0.1) is 42.8 Å². The third-order valence-electron chi connectivity index (χ3n) is 7.68. The van der Waals surface area contributed by atoms with Crippen molar-refractivity contribution >= 4 is 19.9 Å². The van der Waals surface area contributed by atoms with Gasteiger partial charge in [0.15, 0.2) is 14.6 Å². The van der Waals surface area contributed by atoms with E-state index in [2.05, 4.69) is 11.8 Å². The van der Waals surface area contributed by atoms with Crippen molar-refractivity contribution in [2.75, 3.05) is 32.2 Å². The van der Waals surface area contributed by atoms with Crippen molar-refractivity contribution in [1.82, 2.24) is 4.90 Å². The first-order valence-electron chi connectivity index (χ1n) is 13.5. The van der Waals surface area contributed by atoms with E-state index in [0.29, 0.717) is 24.2 Å². The van der Waals surface area contributed by atoms with E-state index in [1.54, 1.807) is 0 Å². The molecule has 2 aromatic carbocycles. The van der Waals surface area contributed by atoms with Crippen LogP contribution in [0.25, 0.3) is 0 Å². The molecule has 3 atom stereocenters. The number of morpholine rings is 1. The normalized spacial score (nSPS) is 19.6. The summed E-state index contributed by atoms with van der Waals surface area (Å²) in [4.78, 5) is 1.87. The minimum absolute atomic E-state index is 0.0744. The fraction of sp³-hybridized carbons (Fsp3) is 0.533. The number of nitrogens with zero attached hydrogens (tertiary/aromatic N) is 1. The topological polar surface area (TPSA) is 30.9 Å². The molecule has 3 rings (SSSR count). The third-order valence-corrected chi connectivity index (χ3v) is 12.3.